The van der Waals surface area contributed by atoms with Crippen LogP contribution in [0.25, 0.3) is 0 Å². The van der Waals surface area contributed by atoms with Crippen LogP contribution in [-0.2, 0) is 11.8 Å². The molecule has 7 heteroatoms. The van der Waals surface area contributed by atoms with E-state index in [1.54, 1.807) is 0 Å². The Morgan fingerprint density at radius 1 is 1.10 bits per heavy atom. The van der Waals surface area contributed by atoms with Crippen LogP contribution in [0.15, 0.2) is 47.6 Å². The SMILES string of the molecule is Cc1ccc(OC(C)c2nnc(SCC(=O)Nc3ccccc3C)n2C)cc1C. The number of rotatable bonds is 7. The van der Waals surface area contributed by atoms with Gasteiger partial charge in [-0.3, -0.25) is 4.79 Å². The molecule has 1 amide bonds. The molecular formula is C22H26N4O2S. The summed E-state index contributed by atoms with van der Waals surface area (Å²) in [5.41, 5.74) is 4.27. The largest absolute Gasteiger partial charge is 0.483 e. The highest BCUT2D eigenvalue weighted by atomic mass is 32.2. The smallest absolute Gasteiger partial charge is 0.234 e. The number of nitrogens with one attached hydrogen (secondary N) is 1. The number of para-hydroxylation sites is 1. The Hall–Kier alpha value is -2.80. The number of aromatic nitrogens is 3. The second-order valence-corrected chi connectivity index (χ2v) is 8.00. The van der Waals surface area contributed by atoms with Crippen molar-refractivity contribution in [3.8, 4) is 5.75 Å². The number of thioether (sulfide) groups is 1. The van der Waals surface area contributed by atoms with Gasteiger partial charge in [0.25, 0.3) is 0 Å². The van der Waals surface area contributed by atoms with Gasteiger partial charge in [0, 0.05) is 12.7 Å². The minimum atomic E-state index is -0.259. The number of carbonyl (C=O) groups excluding carboxylic acids is 1. The normalized spacial score (nSPS) is 11.9. The van der Waals surface area contributed by atoms with Crippen LogP contribution in [0.4, 0.5) is 5.69 Å². The Kier molecular flexibility index (Phi) is 6.59. The van der Waals surface area contributed by atoms with Crippen molar-refractivity contribution in [3.63, 3.8) is 0 Å². The Balaban J connectivity index is 1.60. The van der Waals surface area contributed by atoms with Crippen molar-refractivity contribution in [1.29, 1.82) is 0 Å². The van der Waals surface area contributed by atoms with Crippen LogP contribution in [0.5, 0.6) is 5.75 Å². The Labute approximate surface area is 175 Å². The number of hydrogen-bond donors (Lipinski definition) is 1. The molecule has 1 heterocycles. The lowest BCUT2D eigenvalue weighted by Crippen LogP contribution is -2.15. The molecule has 0 radical (unpaired) electrons. The van der Waals surface area contributed by atoms with Gasteiger partial charge in [-0.05, 0) is 62.6 Å². The lowest BCUT2D eigenvalue weighted by molar-refractivity contribution is -0.113. The third kappa shape index (κ3) is 5.17. The summed E-state index contributed by atoms with van der Waals surface area (Å²) in [6.45, 7) is 8.04. The van der Waals surface area contributed by atoms with Crippen molar-refractivity contribution in [2.45, 2.75) is 39.0 Å². The van der Waals surface area contributed by atoms with E-state index in [1.807, 2.05) is 67.9 Å². The molecule has 0 aliphatic rings. The summed E-state index contributed by atoms with van der Waals surface area (Å²) in [6.07, 6.45) is -0.259. The minimum absolute atomic E-state index is 0.0757. The van der Waals surface area contributed by atoms with E-state index in [1.165, 1.54) is 22.9 Å². The van der Waals surface area contributed by atoms with Crippen LogP contribution < -0.4 is 10.1 Å². The standard InChI is InChI=1S/C22H26N4O2S/c1-14-10-11-18(12-16(14)3)28-17(4)21-24-25-22(26(21)5)29-13-20(27)23-19-9-7-6-8-15(19)2/h6-12,17H,13H2,1-5H3,(H,23,27). The number of aryl methyl sites for hydroxylation is 3. The maximum Gasteiger partial charge on any atom is 0.234 e. The first-order valence-corrected chi connectivity index (χ1v) is 10.4. The first-order valence-electron chi connectivity index (χ1n) is 9.46. The summed E-state index contributed by atoms with van der Waals surface area (Å²) in [4.78, 5) is 12.3. The van der Waals surface area contributed by atoms with E-state index in [2.05, 4.69) is 29.4 Å². The van der Waals surface area contributed by atoms with Gasteiger partial charge in [-0.15, -0.1) is 10.2 Å². The maximum absolute atomic E-state index is 12.3. The van der Waals surface area contributed by atoms with Crippen LogP contribution in [-0.4, -0.2) is 26.4 Å². The fourth-order valence-corrected chi connectivity index (χ4v) is 3.60. The minimum Gasteiger partial charge on any atom is -0.483 e. The predicted molar refractivity (Wildman–Crippen MR) is 116 cm³/mol. The third-order valence-corrected chi connectivity index (χ3v) is 5.80. The van der Waals surface area contributed by atoms with Gasteiger partial charge in [-0.1, -0.05) is 36.0 Å². The topological polar surface area (TPSA) is 69.0 Å². The number of nitrogens with zero attached hydrogens (tertiary/aromatic N) is 3. The van der Waals surface area contributed by atoms with E-state index in [9.17, 15) is 4.79 Å². The number of benzene rings is 2. The highest BCUT2D eigenvalue weighted by molar-refractivity contribution is 7.99. The van der Waals surface area contributed by atoms with Crippen molar-refractivity contribution in [2.24, 2.45) is 7.05 Å². The van der Waals surface area contributed by atoms with E-state index >= 15 is 0 Å². The fourth-order valence-electron chi connectivity index (χ4n) is 2.88. The lowest BCUT2D eigenvalue weighted by atomic mass is 10.1. The van der Waals surface area contributed by atoms with E-state index in [-0.39, 0.29) is 17.8 Å². The summed E-state index contributed by atoms with van der Waals surface area (Å²) >= 11 is 1.35. The molecule has 1 aromatic heterocycles. The van der Waals surface area contributed by atoms with E-state index in [4.69, 9.17) is 4.74 Å². The molecule has 152 valence electrons. The van der Waals surface area contributed by atoms with E-state index in [0.717, 1.165) is 17.0 Å². The number of carbonyl (C=O) groups is 1. The molecule has 1 unspecified atom stereocenters. The zero-order chi connectivity index (χ0) is 21.0. The molecular weight excluding hydrogens is 384 g/mol. The van der Waals surface area contributed by atoms with Crippen molar-refractivity contribution in [1.82, 2.24) is 14.8 Å². The van der Waals surface area contributed by atoms with E-state index < -0.39 is 0 Å². The number of amides is 1. The summed E-state index contributed by atoms with van der Waals surface area (Å²) in [7, 11) is 1.89. The van der Waals surface area contributed by atoms with Crippen LogP contribution in [0.3, 0.4) is 0 Å². The lowest BCUT2D eigenvalue weighted by Gasteiger charge is -2.15. The van der Waals surface area contributed by atoms with Crippen molar-refractivity contribution in [2.75, 3.05) is 11.1 Å². The van der Waals surface area contributed by atoms with Crippen LogP contribution in [0.2, 0.25) is 0 Å². The monoisotopic (exact) mass is 410 g/mol. The zero-order valence-electron chi connectivity index (χ0n) is 17.4. The molecule has 6 nitrogen and oxygen atoms in total. The average molecular weight is 411 g/mol. The quantitative estimate of drug-likeness (QED) is 0.576. The van der Waals surface area contributed by atoms with Crippen LogP contribution in [0, 0.1) is 20.8 Å². The summed E-state index contributed by atoms with van der Waals surface area (Å²) in [6, 6.07) is 13.7. The highest BCUT2D eigenvalue weighted by Crippen LogP contribution is 2.25. The zero-order valence-corrected chi connectivity index (χ0v) is 18.2. The van der Waals surface area contributed by atoms with Gasteiger partial charge in [-0.2, -0.15) is 0 Å². The van der Waals surface area contributed by atoms with Crippen LogP contribution >= 0.6 is 11.8 Å². The molecule has 0 aliphatic carbocycles. The van der Waals surface area contributed by atoms with Gasteiger partial charge >= 0.3 is 0 Å². The molecule has 0 aliphatic heterocycles. The Morgan fingerprint density at radius 2 is 1.86 bits per heavy atom. The number of hydrogen-bond acceptors (Lipinski definition) is 5. The number of ether oxygens (including phenoxy) is 1. The molecule has 1 N–H and O–H groups in total. The molecule has 3 aromatic rings. The highest BCUT2D eigenvalue weighted by Gasteiger charge is 2.18. The van der Waals surface area contributed by atoms with Crippen molar-refractivity contribution < 1.29 is 9.53 Å². The van der Waals surface area contributed by atoms with Gasteiger partial charge in [-0.25, -0.2) is 0 Å². The Bertz CT molecular complexity index is 1020. The molecule has 29 heavy (non-hydrogen) atoms. The molecule has 0 spiro atoms. The van der Waals surface area contributed by atoms with E-state index in [0.29, 0.717) is 11.0 Å². The first-order chi connectivity index (χ1) is 13.8. The van der Waals surface area contributed by atoms with Gasteiger partial charge < -0.3 is 14.6 Å². The molecule has 0 bridgehead atoms. The summed E-state index contributed by atoms with van der Waals surface area (Å²) in [5, 5.41) is 12.1. The van der Waals surface area contributed by atoms with Crippen LogP contribution in [0.1, 0.15) is 35.5 Å². The molecule has 1 atom stereocenters. The van der Waals surface area contributed by atoms with Gasteiger partial charge in [0.1, 0.15) is 5.75 Å². The first kappa shape index (κ1) is 20.9. The predicted octanol–water partition coefficient (Wildman–Crippen LogP) is 4.61. The number of anilines is 1. The van der Waals surface area contributed by atoms with Gasteiger partial charge in [0.15, 0.2) is 17.1 Å². The Morgan fingerprint density at radius 3 is 2.59 bits per heavy atom. The second-order valence-electron chi connectivity index (χ2n) is 7.06. The van der Waals surface area contributed by atoms with Gasteiger partial charge in [0.05, 0.1) is 5.75 Å². The summed E-state index contributed by atoms with van der Waals surface area (Å²) in [5.74, 6) is 1.70. The summed E-state index contributed by atoms with van der Waals surface area (Å²) < 4.78 is 7.91. The van der Waals surface area contributed by atoms with Crippen molar-refractivity contribution in [3.05, 3.63) is 65.0 Å². The average Bonchev–Trinajstić information content (AvgIpc) is 3.05. The van der Waals surface area contributed by atoms with Crippen molar-refractivity contribution >= 4 is 23.4 Å². The fraction of sp³-hybridized carbons (Fsp3) is 0.318. The molecule has 3 rings (SSSR count). The second kappa shape index (κ2) is 9.13. The third-order valence-electron chi connectivity index (χ3n) is 4.77. The molecule has 0 saturated heterocycles. The molecule has 0 saturated carbocycles. The molecule has 2 aromatic carbocycles. The molecule has 0 fully saturated rings. The van der Waals surface area contributed by atoms with Gasteiger partial charge in [0.2, 0.25) is 5.91 Å². The maximum atomic E-state index is 12.3.